The second kappa shape index (κ2) is 10.3. The van der Waals surface area contributed by atoms with Crippen molar-refractivity contribution in [3.8, 4) is 0 Å². The first-order valence-corrected chi connectivity index (χ1v) is 12.1. The van der Waals surface area contributed by atoms with Crippen LogP contribution in [-0.4, -0.2) is 31.0 Å². The van der Waals surface area contributed by atoms with Crippen molar-refractivity contribution >= 4 is 29.7 Å². The molecular weight excluding hydrogens is 371 g/mol. The second-order valence-electron chi connectivity index (χ2n) is 5.81. The molecule has 0 saturated carbocycles. The minimum atomic E-state index is -3.12. The molecule has 0 bridgehead atoms. The molecule has 2 rings (SSSR count). The Bertz CT molecular complexity index is 661. The third kappa shape index (κ3) is 5.98. The number of hydrogen-bond donors (Lipinski definition) is 0. The molecule has 1 atom stereocenters. The second-order valence-corrected chi connectivity index (χ2v) is 10.0. The highest BCUT2D eigenvalue weighted by atomic mass is 32.7. The molecule has 1 unspecified atom stereocenters. The zero-order valence-electron chi connectivity index (χ0n) is 15.6. The first-order chi connectivity index (χ1) is 12.5. The van der Waals surface area contributed by atoms with Crippen LogP contribution in [0.4, 0.5) is 0 Å². The van der Waals surface area contributed by atoms with Crippen LogP contribution >= 0.6 is 18.2 Å². The van der Waals surface area contributed by atoms with Gasteiger partial charge in [-0.1, -0.05) is 18.2 Å². The Balaban J connectivity index is 2.12. The summed E-state index contributed by atoms with van der Waals surface area (Å²) in [6.07, 6.45) is 5.07. The number of benzene rings is 1. The summed E-state index contributed by atoms with van der Waals surface area (Å²) in [6.45, 7) is 3.40. The highest BCUT2D eigenvalue weighted by Crippen LogP contribution is 2.63. The van der Waals surface area contributed by atoms with Gasteiger partial charge in [0, 0.05) is 5.25 Å². The SMILES string of the molecule is CCOC(=O)c1ccc(C2=CC(SP(=O)(OCC)OCC)CCC2)cc1. The molecule has 0 heterocycles. The van der Waals surface area contributed by atoms with E-state index in [0.717, 1.165) is 24.8 Å². The number of allylic oxidation sites excluding steroid dienone is 1. The normalized spacial score (nSPS) is 17.7. The van der Waals surface area contributed by atoms with Crippen molar-refractivity contribution in [1.82, 2.24) is 0 Å². The van der Waals surface area contributed by atoms with E-state index in [9.17, 15) is 9.36 Å². The van der Waals surface area contributed by atoms with Gasteiger partial charge in [-0.2, -0.15) is 0 Å². The number of carbonyl (C=O) groups is 1. The fourth-order valence-corrected chi connectivity index (χ4v) is 6.97. The number of ether oxygens (including phenoxy) is 1. The van der Waals surface area contributed by atoms with Crippen LogP contribution in [0.5, 0.6) is 0 Å². The topological polar surface area (TPSA) is 61.8 Å². The zero-order chi connectivity index (χ0) is 19.0. The summed E-state index contributed by atoms with van der Waals surface area (Å²) in [6, 6.07) is 7.46. The lowest BCUT2D eigenvalue weighted by Gasteiger charge is -2.24. The van der Waals surface area contributed by atoms with Crippen LogP contribution in [0.3, 0.4) is 0 Å². The van der Waals surface area contributed by atoms with Crippen LogP contribution in [0.2, 0.25) is 0 Å². The highest BCUT2D eigenvalue weighted by Gasteiger charge is 2.30. The maximum atomic E-state index is 12.7. The average Bonchev–Trinajstić information content (AvgIpc) is 2.62. The van der Waals surface area contributed by atoms with Crippen LogP contribution < -0.4 is 0 Å². The van der Waals surface area contributed by atoms with Crippen molar-refractivity contribution in [2.45, 2.75) is 45.3 Å². The summed E-state index contributed by atoms with van der Waals surface area (Å²) >= 11 is 1.29. The van der Waals surface area contributed by atoms with Gasteiger partial charge in [-0.25, -0.2) is 9.36 Å². The van der Waals surface area contributed by atoms with E-state index in [0.29, 0.717) is 25.4 Å². The fourth-order valence-electron chi connectivity index (χ4n) is 2.82. The number of rotatable bonds is 9. The summed E-state index contributed by atoms with van der Waals surface area (Å²) in [4.78, 5) is 11.8. The van der Waals surface area contributed by atoms with Crippen LogP contribution in [0.15, 0.2) is 30.3 Å². The van der Waals surface area contributed by atoms with Crippen molar-refractivity contribution in [2.24, 2.45) is 0 Å². The van der Waals surface area contributed by atoms with Gasteiger partial charge in [-0.3, -0.25) is 0 Å². The van der Waals surface area contributed by atoms with Gasteiger partial charge in [0.25, 0.3) is 0 Å². The van der Waals surface area contributed by atoms with E-state index in [1.54, 1.807) is 19.1 Å². The molecular formula is C19H27O5PS. The largest absolute Gasteiger partial charge is 0.462 e. The van der Waals surface area contributed by atoms with Crippen molar-refractivity contribution in [3.63, 3.8) is 0 Å². The molecule has 5 nitrogen and oxygen atoms in total. The quantitative estimate of drug-likeness (QED) is 0.392. The Morgan fingerprint density at radius 3 is 2.35 bits per heavy atom. The maximum Gasteiger partial charge on any atom is 0.389 e. The van der Waals surface area contributed by atoms with Gasteiger partial charge in [0.1, 0.15) is 0 Å². The van der Waals surface area contributed by atoms with Gasteiger partial charge in [0.2, 0.25) is 0 Å². The predicted molar refractivity (Wildman–Crippen MR) is 106 cm³/mol. The lowest BCUT2D eigenvalue weighted by atomic mass is 9.93. The van der Waals surface area contributed by atoms with Crippen LogP contribution in [-0.2, 0) is 18.3 Å². The van der Waals surface area contributed by atoms with Gasteiger partial charge >= 0.3 is 12.8 Å². The molecule has 7 heteroatoms. The van der Waals surface area contributed by atoms with E-state index < -0.39 is 6.80 Å². The molecule has 0 fully saturated rings. The van der Waals surface area contributed by atoms with Crippen LogP contribution in [0.1, 0.15) is 56.0 Å². The molecule has 1 aliphatic carbocycles. The molecule has 0 amide bonds. The number of carbonyl (C=O) groups excluding carboxylic acids is 1. The van der Waals surface area contributed by atoms with Crippen LogP contribution in [0, 0.1) is 0 Å². The van der Waals surface area contributed by atoms with Crippen molar-refractivity contribution < 1.29 is 23.1 Å². The van der Waals surface area contributed by atoms with E-state index >= 15 is 0 Å². The Kier molecular flexibility index (Phi) is 8.42. The molecule has 0 radical (unpaired) electrons. The lowest BCUT2D eigenvalue weighted by molar-refractivity contribution is 0.0526. The monoisotopic (exact) mass is 398 g/mol. The Morgan fingerprint density at radius 2 is 1.77 bits per heavy atom. The molecule has 144 valence electrons. The first-order valence-electron chi connectivity index (χ1n) is 9.07. The Hall–Kier alpha value is -1.07. The van der Waals surface area contributed by atoms with E-state index in [4.69, 9.17) is 13.8 Å². The van der Waals surface area contributed by atoms with Crippen molar-refractivity contribution in [2.75, 3.05) is 19.8 Å². The van der Waals surface area contributed by atoms with Crippen molar-refractivity contribution in [3.05, 3.63) is 41.5 Å². The smallest absolute Gasteiger partial charge is 0.389 e. The summed E-state index contributed by atoms with van der Waals surface area (Å²) < 4.78 is 28.5. The number of hydrogen-bond acceptors (Lipinski definition) is 6. The third-order valence-electron chi connectivity index (χ3n) is 3.93. The van der Waals surface area contributed by atoms with E-state index in [-0.39, 0.29) is 11.2 Å². The fraction of sp³-hybridized carbons (Fsp3) is 0.526. The molecule has 1 aromatic rings. The molecule has 0 aromatic heterocycles. The first kappa shape index (κ1) is 21.2. The van der Waals surface area contributed by atoms with Gasteiger partial charge < -0.3 is 13.8 Å². The number of esters is 1. The molecule has 0 spiro atoms. The van der Waals surface area contributed by atoms with Gasteiger partial charge in [-0.05, 0) is 74.7 Å². The van der Waals surface area contributed by atoms with Gasteiger partial charge in [0.15, 0.2) is 0 Å². The van der Waals surface area contributed by atoms with E-state index in [2.05, 4.69) is 6.08 Å². The minimum Gasteiger partial charge on any atom is -0.462 e. The summed E-state index contributed by atoms with van der Waals surface area (Å²) in [5.41, 5.74) is 2.82. The molecule has 26 heavy (non-hydrogen) atoms. The molecule has 1 aromatic carbocycles. The Labute approximate surface area is 159 Å². The van der Waals surface area contributed by atoms with E-state index in [1.165, 1.54) is 17.0 Å². The Morgan fingerprint density at radius 1 is 1.12 bits per heavy atom. The predicted octanol–water partition coefficient (Wildman–Crippen LogP) is 5.71. The average molecular weight is 398 g/mol. The molecule has 0 saturated heterocycles. The molecule has 1 aliphatic rings. The van der Waals surface area contributed by atoms with Crippen molar-refractivity contribution in [1.29, 1.82) is 0 Å². The highest BCUT2D eigenvalue weighted by molar-refractivity contribution is 8.55. The summed E-state index contributed by atoms with van der Waals surface area (Å²) in [5, 5.41) is 0.0902. The van der Waals surface area contributed by atoms with Gasteiger partial charge in [-0.15, -0.1) is 0 Å². The summed E-state index contributed by atoms with van der Waals surface area (Å²) in [7, 11) is 0. The minimum absolute atomic E-state index is 0.0902. The lowest BCUT2D eigenvalue weighted by Crippen LogP contribution is -2.08. The molecule has 0 N–H and O–H groups in total. The molecule has 0 aliphatic heterocycles. The van der Waals surface area contributed by atoms with E-state index in [1.807, 2.05) is 26.0 Å². The standard InChI is InChI=1S/C19H27O5PS/c1-4-22-19(20)16-12-10-15(11-13-16)17-8-7-9-18(14-17)26-25(21,23-5-2)24-6-3/h10-14,18H,4-9H2,1-3H3. The maximum absolute atomic E-state index is 12.7. The zero-order valence-corrected chi connectivity index (χ0v) is 17.3. The third-order valence-corrected chi connectivity index (χ3v) is 8.20. The van der Waals surface area contributed by atoms with Crippen LogP contribution in [0.25, 0.3) is 5.57 Å². The van der Waals surface area contributed by atoms with Gasteiger partial charge in [0.05, 0.1) is 25.4 Å². The summed E-state index contributed by atoms with van der Waals surface area (Å²) in [5.74, 6) is -0.306.